The SMILES string of the molecule is CCCCCCCCCCCCCP(O)(O)(Oc1ccccc1)c1ccccc1. The van der Waals surface area contributed by atoms with E-state index in [9.17, 15) is 9.79 Å². The molecule has 0 amide bonds. The Labute approximate surface area is 177 Å². The van der Waals surface area contributed by atoms with Crippen molar-refractivity contribution in [3.63, 3.8) is 0 Å². The topological polar surface area (TPSA) is 49.7 Å². The molecule has 0 radical (unpaired) electrons. The monoisotopic (exact) mass is 418 g/mol. The van der Waals surface area contributed by atoms with Crippen LogP contribution in [0.1, 0.15) is 77.6 Å². The number of rotatable bonds is 15. The van der Waals surface area contributed by atoms with Crippen molar-refractivity contribution < 1.29 is 14.3 Å². The van der Waals surface area contributed by atoms with Gasteiger partial charge in [0.15, 0.2) is 0 Å². The van der Waals surface area contributed by atoms with E-state index in [1.54, 1.807) is 24.3 Å². The average Bonchev–Trinajstić information content (AvgIpc) is 2.73. The molecular formula is C25H39O3P. The predicted octanol–water partition coefficient (Wildman–Crippen LogP) is 6.98. The first-order chi connectivity index (χ1) is 14.0. The van der Waals surface area contributed by atoms with Gasteiger partial charge >= 0.3 is 170 Å². The van der Waals surface area contributed by atoms with Gasteiger partial charge in [-0.15, -0.1) is 0 Å². The molecule has 0 saturated heterocycles. The summed E-state index contributed by atoms with van der Waals surface area (Å²) in [5.74, 6) is 0.502. The fourth-order valence-corrected chi connectivity index (χ4v) is 6.30. The molecule has 2 N–H and O–H groups in total. The number of unbranched alkanes of at least 4 members (excludes halogenated alkanes) is 10. The molecule has 0 aliphatic heterocycles. The van der Waals surface area contributed by atoms with E-state index in [0.29, 0.717) is 11.1 Å². The van der Waals surface area contributed by atoms with Crippen molar-refractivity contribution >= 4 is 12.6 Å². The Hall–Kier alpha value is -1.41. The fourth-order valence-electron chi connectivity index (χ4n) is 3.72. The van der Waals surface area contributed by atoms with Gasteiger partial charge in [-0.05, 0) is 0 Å². The van der Waals surface area contributed by atoms with Crippen LogP contribution in [0.5, 0.6) is 5.75 Å². The molecule has 0 saturated carbocycles. The number of hydrogen-bond acceptors (Lipinski definition) is 3. The quantitative estimate of drug-likeness (QED) is 0.242. The molecule has 162 valence electrons. The van der Waals surface area contributed by atoms with Crippen LogP contribution in [0.15, 0.2) is 60.7 Å². The molecule has 0 bridgehead atoms. The minimum atomic E-state index is -4.45. The van der Waals surface area contributed by atoms with Crippen molar-refractivity contribution in [2.45, 2.75) is 77.6 Å². The molecule has 4 heteroatoms. The van der Waals surface area contributed by atoms with Crippen LogP contribution >= 0.6 is 7.28 Å². The molecule has 0 aliphatic carbocycles. The van der Waals surface area contributed by atoms with Crippen LogP contribution < -0.4 is 9.83 Å². The molecule has 3 nitrogen and oxygen atoms in total. The van der Waals surface area contributed by atoms with Crippen LogP contribution in [0.4, 0.5) is 0 Å². The molecule has 0 aromatic heterocycles. The van der Waals surface area contributed by atoms with Crippen LogP contribution in [-0.4, -0.2) is 15.9 Å². The van der Waals surface area contributed by atoms with E-state index in [1.165, 1.54) is 51.4 Å². The van der Waals surface area contributed by atoms with E-state index in [1.807, 2.05) is 36.4 Å². The molecule has 2 rings (SSSR count). The van der Waals surface area contributed by atoms with Gasteiger partial charge in [-0.25, -0.2) is 0 Å². The van der Waals surface area contributed by atoms with Crippen molar-refractivity contribution in [1.29, 1.82) is 0 Å². The Morgan fingerprint density at radius 1 is 0.621 bits per heavy atom. The maximum atomic E-state index is 11.4. The predicted molar refractivity (Wildman–Crippen MR) is 126 cm³/mol. The third-order valence-corrected chi connectivity index (χ3v) is 8.53. The summed E-state index contributed by atoms with van der Waals surface area (Å²) < 4.78 is 5.91. The van der Waals surface area contributed by atoms with Crippen LogP contribution in [0, 0.1) is 0 Å². The van der Waals surface area contributed by atoms with E-state index in [0.717, 1.165) is 19.3 Å². The zero-order valence-electron chi connectivity index (χ0n) is 18.0. The third-order valence-electron chi connectivity index (χ3n) is 5.48. The Balaban J connectivity index is 1.80. The zero-order chi connectivity index (χ0) is 20.9. The molecule has 0 atom stereocenters. The average molecular weight is 419 g/mol. The molecular weight excluding hydrogens is 379 g/mol. The van der Waals surface area contributed by atoms with Gasteiger partial charge in [-0.1, -0.05) is 6.92 Å². The van der Waals surface area contributed by atoms with E-state index < -0.39 is 7.28 Å². The van der Waals surface area contributed by atoms with E-state index in [2.05, 4.69) is 6.92 Å². The maximum absolute atomic E-state index is 11.4. The van der Waals surface area contributed by atoms with E-state index in [-0.39, 0.29) is 6.16 Å². The summed E-state index contributed by atoms with van der Waals surface area (Å²) in [4.78, 5) is 22.8. The van der Waals surface area contributed by atoms with Crippen molar-refractivity contribution in [1.82, 2.24) is 0 Å². The first-order valence-corrected chi connectivity index (χ1v) is 13.6. The van der Waals surface area contributed by atoms with Gasteiger partial charge in [0.05, 0.1) is 0 Å². The normalized spacial score (nSPS) is 13.0. The zero-order valence-corrected chi connectivity index (χ0v) is 18.9. The van der Waals surface area contributed by atoms with Crippen LogP contribution in [0.3, 0.4) is 0 Å². The molecule has 0 heterocycles. The van der Waals surface area contributed by atoms with Gasteiger partial charge in [0.1, 0.15) is 0 Å². The van der Waals surface area contributed by atoms with Crippen LogP contribution in [-0.2, 0) is 0 Å². The van der Waals surface area contributed by atoms with Crippen molar-refractivity contribution in [3.8, 4) is 5.75 Å². The fraction of sp³-hybridized carbons (Fsp3) is 0.520. The molecule has 2 aromatic rings. The van der Waals surface area contributed by atoms with Gasteiger partial charge in [0.25, 0.3) is 0 Å². The molecule has 0 aliphatic rings. The van der Waals surface area contributed by atoms with Crippen molar-refractivity contribution in [2.24, 2.45) is 0 Å². The second-order valence-electron chi connectivity index (χ2n) is 8.11. The summed E-state index contributed by atoms with van der Waals surface area (Å²) >= 11 is 0. The summed E-state index contributed by atoms with van der Waals surface area (Å²) in [6, 6.07) is 18.2. The Morgan fingerprint density at radius 3 is 1.59 bits per heavy atom. The standard InChI is InChI=1S/C25H39O3P/c1-2-3-4-5-6-7-8-9-10-11-18-23-29(26,27,25-21-16-13-17-22-25)28-24-19-14-12-15-20-24/h12-17,19-22,26-27H,2-11,18,23H2,1H3. The van der Waals surface area contributed by atoms with Crippen LogP contribution in [0.25, 0.3) is 0 Å². The van der Waals surface area contributed by atoms with Crippen molar-refractivity contribution in [3.05, 3.63) is 60.7 Å². The molecule has 0 fully saturated rings. The van der Waals surface area contributed by atoms with Gasteiger partial charge in [0.2, 0.25) is 0 Å². The first kappa shape index (κ1) is 23.9. The van der Waals surface area contributed by atoms with E-state index in [4.69, 9.17) is 4.52 Å². The minimum absolute atomic E-state index is 0.265. The molecule has 2 aromatic carbocycles. The number of benzene rings is 2. The summed E-state index contributed by atoms with van der Waals surface area (Å²) in [5.41, 5.74) is 0. The van der Waals surface area contributed by atoms with Gasteiger partial charge < -0.3 is 0 Å². The second-order valence-corrected chi connectivity index (χ2v) is 11.5. The van der Waals surface area contributed by atoms with Crippen molar-refractivity contribution in [2.75, 3.05) is 6.16 Å². The molecule has 0 unspecified atom stereocenters. The summed E-state index contributed by atoms with van der Waals surface area (Å²) in [6.45, 7) is 2.25. The molecule has 29 heavy (non-hydrogen) atoms. The second kappa shape index (κ2) is 12.3. The van der Waals surface area contributed by atoms with Gasteiger partial charge in [-0.3, -0.25) is 0 Å². The van der Waals surface area contributed by atoms with Gasteiger partial charge in [-0.2, -0.15) is 0 Å². The van der Waals surface area contributed by atoms with Crippen LogP contribution in [0.2, 0.25) is 0 Å². The Morgan fingerprint density at radius 2 is 1.07 bits per heavy atom. The first-order valence-electron chi connectivity index (χ1n) is 11.4. The summed E-state index contributed by atoms with van der Waals surface area (Å²) in [5, 5.41) is 0.495. The summed E-state index contributed by atoms with van der Waals surface area (Å²) in [6.07, 6.45) is 13.7. The number of hydrogen-bond donors (Lipinski definition) is 2. The van der Waals surface area contributed by atoms with E-state index >= 15 is 0 Å². The Kier molecular flexibility index (Phi) is 10.1. The Bertz CT molecular complexity index is 673. The summed E-state index contributed by atoms with van der Waals surface area (Å²) in [7, 11) is -4.45. The third kappa shape index (κ3) is 8.46. The molecule has 0 spiro atoms. The van der Waals surface area contributed by atoms with Gasteiger partial charge in [0, 0.05) is 0 Å². The number of para-hydroxylation sites is 1.